The van der Waals surface area contributed by atoms with E-state index < -0.39 is 0 Å². The van der Waals surface area contributed by atoms with E-state index in [-0.39, 0.29) is 24.8 Å². The molecule has 0 radical (unpaired) electrons. The molecule has 0 fully saturated rings. The summed E-state index contributed by atoms with van der Waals surface area (Å²) >= 11 is 0. The van der Waals surface area contributed by atoms with Gasteiger partial charge >= 0.3 is 0 Å². The van der Waals surface area contributed by atoms with Crippen molar-refractivity contribution >= 4 is 5.91 Å². The molecule has 1 rings (SSSR count). The van der Waals surface area contributed by atoms with Crippen molar-refractivity contribution in [3.63, 3.8) is 0 Å². The molecule has 1 amide bonds. The first kappa shape index (κ1) is 15.2. The summed E-state index contributed by atoms with van der Waals surface area (Å²) in [6.45, 7) is 0.840. The summed E-state index contributed by atoms with van der Waals surface area (Å²) in [5, 5.41) is 2.52. The Bertz CT molecular complexity index is 505. The molecular weight excluding hydrogens is 245 g/mol. The molecule has 5 heteroatoms. The van der Waals surface area contributed by atoms with Crippen molar-refractivity contribution < 1.29 is 9.18 Å². The Morgan fingerprint density at radius 1 is 1.53 bits per heavy atom. The summed E-state index contributed by atoms with van der Waals surface area (Å²) in [5.74, 6) is 5.02. The van der Waals surface area contributed by atoms with Gasteiger partial charge in [0.05, 0.1) is 13.1 Å². The first-order valence-electron chi connectivity index (χ1n) is 5.93. The summed E-state index contributed by atoms with van der Waals surface area (Å²) in [7, 11) is 3.33. The lowest BCUT2D eigenvalue weighted by Crippen LogP contribution is -2.32. The van der Waals surface area contributed by atoms with Crippen LogP contribution in [0.5, 0.6) is 0 Å². The zero-order valence-electron chi connectivity index (χ0n) is 11.2. The summed E-state index contributed by atoms with van der Waals surface area (Å²) in [6, 6.07) is 4.80. The van der Waals surface area contributed by atoms with Crippen LogP contribution in [0.15, 0.2) is 18.2 Å². The molecule has 0 bridgehead atoms. The Hall–Kier alpha value is -1.90. The van der Waals surface area contributed by atoms with E-state index in [2.05, 4.69) is 17.2 Å². The molecule has 0 unspecified atom stereocenters. The van der Waals surface area contributed by atoms with Crippen LogP contribution >= 0.6 is 0 Å². The molecular formula is C14H18FN3O. The van der Waals surface area contributed by atoms with E-state index in [4.69, 9.17) is 5.73 Å². The van der Waals surface area contributed by atoms with Crippen LogP contribution in [0.25, 0.3) is 0 Å². The smallest absolute Gasteiger partial charge is 0.233 e. The van der Waals surface area contributed by atoms with E-state index in [1.807, 2.05) is 0 Å². The second-order valence-corrected chi connectivity index (χ2v) is 4.16. The van der Waals surface area contributed by atoms with Crippen molar-refractivity contribution in [2.24, 2.45) is 5.73 Å². The first-order valence-corrected chi connectivity index (χ1v) is 5.93. The Balaban J connectivity index is 2.72. The SMILES string of the molecule is CNC(=O)CN(C)Cc1ccc(C#CCN)cc1F. The van der Waals surface area contributed by atoms with E-state index in [1.54, 1.807) is 31.1 Å². The fourth-order valence-corrected chi connectivity index (χ4v) is 1.58. The van der Waals surface area contributed by atoms with Gasteiger partial charge in [-0.2, -0.15) is 0 Å². The highest BCUT2D eigenvalue weighted by Gasteiger charge is 2.09. The van der Waals surface area contributed by atoms with Gasteiger partial charge in [-0.25, -0.2) is 4.39 Å². The van der Waals surface area contributed by atoms with Crippen LogP contribution in [0, 0.1) is 17.7 Å². The summed E-state index contributed by atoms with van der Waals surface area (Å²) in [4.78, 5) is 12.9. The topological polar surface area (TPSA) is 58.4 Å². The molecule has 0 heterocycles. The number of carbonyl (C=O) groups is 1. The van der Waals surface area contributed by atoms with Gasteiger partial charge < -0.3 is 11.1 Å². The summed E-state index contributed by atoms with van der Waals surface area (Å²) in [6.07, 6.45) is 0. The molecule has 1 aromatic rings. The molecule has 0 aromatic heterocycles. The van der Waals surface area contributed by atoms with Crippen LogP contribution in [0.4, 0.5) is 4.39 Å². The third-order valence-electron chi connectivity index (χ3n) is 2.52. The van der Waals surface area contributed by atoms with Crippen LogP contribution in [0.1, 0.15) is 11.1 Å². The van der Waals surface area contributed by atoms with Gasteiger partial charge in [-0.1, -0.05) is 17.9 Å². The molecule has 0 aliphatic heterocycles. The van der Waals surface area contributed by atoms with Crippen LogP contribution in [-0.2, 0) is 11.3 Å². The third kappa shape index (κ3) is 5.08. The molecule has 19 heavy (non-hydrogen) atoms. The number of halogens is 1. The number of nitrogens with two attached hydrogens (primary N) is 1. The van der Waals surface area contributed by atoms with Crippen molar-refractivity contribution in [3.05, 3.63) is 35.1 Å². The Kier molecular flexibility index (Phi) is 6.00. The van der Waals surface area contributed by atoms with Gasteiger partial charge in [0, 0.05) is 24.7 Å². The second-order valence-electron chi connectivity index (χ2n) is 4.16. The zero-order chi connectivity index (χ0) is 14.3. The number of amides is 1. The van der Waals surface area contributed by atoms with Crippen molar-refractivity contribution in [2.75, 3.05) is 27.2 Å². The van der Waals surface area contributed by atoms with Gasteiger partial charge in [-0.15, -0.1) is 0 Å². The number of hydrogen-bond acceptors (Lipinski definition) is 3. The third-order valence-corrected chi connectivity index (χ3v) is 2.52. The number of carbonyl (C=O) groups excluding carboxylic acids is 1. The number of likely N-dealkylation sites (N-methyl/N-ethyl adjacent to an activating group) is 2. The second kappa shape index (κ2) is 7.52. The van der Waals surface area contributed by atoms with Crippen LogP contribution in [0.2, 0.25) is 0 Å². The van der Waals surface area contributed by atoms with Gasteiger partial charge in [0.2, 0.25) is 5.91 Å². The lowest BCUT2D eigenvalue weighted by Gasteiger charge is -2.16. The van der Waals surface area contributed by atoms with Crippen molar-refractivity contribution in [1.29, 1.82) is 0 Å². The lowest BCUT2D eigenvalue weighted by molar-refractivity contribution is -0.121. The molecule has 0 atom stereocenters. The predicted octanol–water partition coefficient (Wildman–Crippen LogP) is 0.314. The van der Waals surface area contributed by atoms with E-state index >= 15 is 0 Å². The molecule has 102 valence electrons. The maximum atomic E-state index is 13.8. The number of nitrogens with one attached hydrogen (secondary N) is 1. The fraction of sp³-hybridized carbons (Fsp3) is 0.357. The molecule has 0 saturated heterocycles. The van der Waals surface area contributed by atoms with Gasteiger partial charge in [0.15, 0.2) is 0 Å². The van der Waals surface area contributed by atoms with E-state index in [9.17, 15) is 9.18 Å². The molecule has 0 saturated carbocycles. The monoisotopic (exact) mass is 263 g/mol. The van der Waals surface area contributed by atoms with Gasteiger partial charge in [0.25, 0.3) is 0 Å². The van der Waals surface area contributed by atoms with Crippen molar-refractivity contribution in [1.82, 2.24) is 10.2 Å². The van der Waals surface area contributed by atoms with E-state index in [0.717, 1.165) is 0 Å². The highest BCUT2D eigenvalue weighted by Crippen LogP contribution is 2.11. The van der Waals surface area contributed by atoms with Gasteiger partial charge in [-0.3, -0.25) is 9.69 Å². The predicted molar refractivity (Wildman–Crippen MR) is 72.7 cm³/mol. The van der Waals surface area contributed by atoms with Crippen LogP contribution in [0.3, 0.4) is 0 Å². The number of benzene rings is 1. The lowest BCUT2D eigenvalue weighted by atomic mass is 10.1. The number of hydrogen-bond donors (Lipinski definition) is 2. The zero-order valence-corrected chi connectivity index (χ0v) is 11.2. The Morgan fingerprint density at radius 2 is 2.26 bits per heavy atom. The molecule has 3 N–H and O–H groups in total. The highest BCUT2D eigenvalue weighted by atomic mass is 19.1. The minimum absolute atomic E-state index is 0.103. The molecule has 4 nitrogen and oxygen atoms in total. The van der Waals surface area contributed by atoms with E-state index in [0.29, 0.717) is 17.7 Å². The minimum Gasteiger partial charge on any atom is -0.358 e. The standard InChI is InChI=1S/C14H18FN3O/c1-17-14(19)10-18(2)9-12-6-5-11(4-3-7-16)8-13(12)15/h5-6,8H,7,9-10,16H2,1-2H3,(H,17,19). The van der Waals surface area contributed by atoms with Crippen molar-refractivity contribution in [2.45, 2.75) is 6.54 Å². The maximum absolute atomic E-state index is 13.8. The van der Waals surface area contributed by atoms with Crippen LogP contribution < -0.4 is 11.1 Å². The van der Waals surface area contributed by atoms with Gasteiger partial charge in [-0.05, 0) is 19.2 Å². The molecule has 0 aliphatic carbocycles. The summed E-state index contributed by atoms with van der Waals surface area (Å²) < 4.78 is 13.8. The van der Waals surface area contributed by atoms with Gasteiger partial charge in [0.1, 0.15) is 5.82 Å². The highest BCUT2D eigenvalue weighted by molar-refractivity contribution is 5.77. The summed E-state index contributed by atoms with van der Waals surface area (Å²) in [5.41, 5.74) is 6.39. The van der Waals surface area contributed by atoms with Crippen molar-refractivity contribution in [3.8, 4) is 11.8 Å². The molecule has 1 aromatic carbocycles. The quantitative estimate of drug-likeness (QED) is 0.769. The fourth-order valence-electron chi connectivity index (χ4n) is 1.58. The maximum Gasteiger partial charge on any atom is 0.233 e. The minimum atomic E-state index is -0.326. The first-order chi connectivity index (χ1) is 9.06. The normalized spacial score (nSPS) is 9.95. The van der Waals surface area contributed by atoms with E-state index in [1.165, 1.54) is 6.07 Å². The average Bonchev–Trinajstić information content (AvgIpc) is 2.39. The Labute approximate surface area is 112 Å². The molecule has 0 aliphatic rings. The number of rotatable bonds is 4. The van der Waals surface area contributed by atoms with Crippen LogP contribution in [-0.4, -0.2) is 38.0 Å². The molecule has 0 spiro atoms. The number of nitrogens with zero attached hydrogens (tertiary/aromatic N) is 1. The Morgan fingerprint density at radius 3 is 2.84 bits per heavy atom. The largest absolute Gasteiger partial charge is 0.358 e. The average molecular weight is 263 g/mol.